The number of hydrogen-bond donors (Lipinski definition) is 1. The summed E-state index contributed by atoms with van der Waals surface area (Å²) in [5.74, 6) is -0.186. The highest BCUT2D eigenvalue weighted by molar-refractivity contribution is 5.92. The molecule has 0 spiro atoms. The topological polar surface area (TPSA) is 49.4 Å². The molecule has 1 N–H and O–H groups in total. The summed E-state index contributed by atoms with van der Waals surface area (Å²) in [6, 6.07) is 15.2. The molecule has 0 bridgehead atoms. The van der Waals surface area contributed by atoms with Crippen molar-refractivity contribution in [2.45, 2.75) is 26.3 Å². The second-order valence-corrected chi connectivity index (χ2v) is 6.01. The average Bonchev–Trinajstić information content (AvgIpc) is 2.57. The number of nitrogens with zero attached hydrogens (tertiary/aromatic N) is 1. The minimum Gasteiger partial charge on any atom is -0.326 e. The van der Waals surface area contributed by atoms with E-state index in [0.29, 0.717) is 0 Å². The van der Waals surface area contributed by atoms with Crippen LogP contribution >= 0.6 is 0 Å². The number of carbonyl (C=O) groups is 2. The molecule has 2 aromatic carbocycles. The number of anilines is 1. The summed E-state index contributed by atoms with van der Waals surface area (Å²) < 4.78 is 0. The van der Waals surface area contributed by atoms with E-state index in [1.807, 2.05) is 61.5 Å². The van der Waals surface area contributed by atoms with Crippen molar-refractivity contribution >= 4 is 23.6 Å². The molecule has 0 saturated carbocycles. The molecule has 2 aromatic rings. The van der Waals surface area contributed by atoms with Crippen molar-refractivity contribution in [1.82, 2.24) is 4.90 Å². The van der Waals surface area contributed by atoms with Crippen LogP contribution < -0.4 is 5.32 Å². The van der Waals surface area contributed by atoms with Crippen LogP contribution in [-0.4, -0.2) is 16.7 Å². The highest BCUT2D eigenvalue weighted by atomic mass is 16.2. The predicted octanol–water partition coefficient (Wildman–Crippen LogP) is 3.90. The summed E-state index contributed by atoms with van der Waals surface area (Å²) in [5.41, 5.74) is 3.94. The van der Waals surface area contributed by atoms with Crippen molar-refractivity contribution in [2.24, 2.45) is 0 Å². The summed E-state index contributed by atoms with van der Waals surface area (Å²) in [7, 11) is 0. The van der Waals surface area contributed by atoms with Gasteiger partial charge < -0.3 is 10.2 Å². The van der Waals surface area contributed by atoms with Crippen LogP contribution in [0.25, 0.3) is 6.08 Å². The van der Waals surface area contributed by atoms with E-state index < -0.39 is 0 Å². The molecular weight excluding hydrogens is 300 g/mol. The fourth-order valence-corrected chi connectivity index (χ4v) is 2.94. The van der Waals surface area contributed by atoms with E-state index in [4.69, 9.17) is 0 Å². The largest absolute Gasteiger partial charge is 0.326 e. The number of aryl methyl sites for hydroxylation is 1. The second kappa shape index (κ2) is 6.71. The molecule has 1 atom stereocenters. The molecular formula is C20H20N2O2. The molecule has 0 aromatic heterocycles. The Labute approximate surface area is 141 Å². The van der Waals surface area contributed by atoms with E-state index in [2.05, 4.69) is 5.32 Å². The summed E-state index contributed by atoms with van der Waals surface area (Å²) in [6.45, 7) is 3.52. The standard InChI is InChI=1S/C20H20N2O2/c1-14-7-9-17(10-8-14)21-20(24)13-19-18-6-4-3-5-16(18)11-12-22(19)15(2)23/h3-12,19H,13H2,1-2H3,(H,21,24)/t19-/m0/s1. The highest BCUT2D eigenvalue weighted by Crippen LogP contribution is 2.33. The molecule has 0 aliphatic carbocycles. The average molecular weight is 320 g/mol. The smallest absolute Gasteiger partial charge is 0.226 e. The third kappa shape index (κ3) is 3.38. The van der Waals surface area contributed by atoms with Gasteiger partial charge in [-0.05, 0) is 36.3 Å². The lowest BCUT2D eigenvalue weighted by Crippen LogP contribution is -2.33. The lowest BCUT2D eigenvalue weighted by atomic mass is 9.93. The third-order valence-electron chi connectivity index (χ3n) is 4.18. The number of benzene rings is 2. The van der Waals surface area contributed by atoms with Crippen molar-refractivity contribution < 1.29 is 9.59 Å². The van der Waals surface area contributed by atoms with Crippen molar-refractivity contribution in [3.05, 3.63) is 71.4 Å². The van der Waals surface area contributed by atoms with E-state index in [9.17, 15) is 9.59 Å². The van der Waals surface area contributed by atoms with Crippen molar-refractivity contribution in [1.29, 1.82) is 0 Å². The van der Waals surface area contributed by atoms with Crippen LogP contribution in [0.15, 0.2) is 54.7 Å². The van der Waals surface area contributed by atoms with Gasteiger partial charge in [0.2, 0.25) is 11.8 Å². The van der Waals surface area contributed by atoms with Gasteiger partial charge in [-0.2, -0.15) is 0 Å². The van der Waals surface area contributed by atoms with Gasteiger partial charge in [0.15, 0.2) is 0 Å². The molecule has 1 aliphatic rings. The van der Waals surface area contributed by atoms with E-state index in [-0.39, 0.29) is 24.3 Å². The second-order valence-electron chi connectivity index (χ2n) is 6.01. The Hall–Kier alpha value is -2.88. The Bertz CT molecular complexity index is 794. The van der Waals surface area contributed by atoms with E-state index in [1.165, 1.54) is 6.92 Å². The quantitative estimate of drug-likeness (QED) is 0.932. The van der Waals surface area contributed by atoms with Crippen molar-refractivity contribution in [3.8, 4) is 0 Å². The van der Waals surface area contributed by atoms with E-state index in [1.54, 1.807) is 11.1 Å². The first-order chi connectivity index (χ1) is 11.5. The molecule has 1 aliphatic heterocycles. The third-order valence-corrected chi connectivity index (χ3v) is 4.18. The van der Waals surface area contributed by atoms with Gasteiger partial charge in [0, 0.05) is 18.8 Å². The number of nitrogens with one attached hydrogen (secondary N) is 1. The Morgan fingerprint density at radius 3 is 2.50 bits per heavy atom. The Morgan fingerprint density at radius 1 is 1.08 bits per heavy atom. The number of hydrogen-bond acceptors (Lipinski definition) is 2. The maximum absolute atomic E-state index is 12.5. The van der Waals surface area contributed by atoms with Crippen LogP contribution in [0.1, 0.15) is 36.1 Å². The number of fused-ring (bicyclic) bond motifs is 1. The zero-order valence-corrected chi connectivity index (χ0v) is 13.8. The Kier molecular flexibility index (Phi) is 4.47. The van der Waals surface area contributed by atoms with Crippen LogP contribution in [0, 0.1) is 6.92 Å². The van der Waals surface area contributed by atoms with Crippen LogP contribution in [0.3, 0.4) is 0 Å². The first-order valence-electron chi connectivity index (χ1n) is 7.97. The number of rotatable bonds is 3. The fourth-order valence-electron chi connectivity index (χ4n) is 2.94. The van der Waals surface area contributed by atoms with Gasteiger partial charge in [0.25, 0.3) is 0 Å². The van der Waals surface area contributed by atoms with Gasteiger partial charge in [-0.3, -0.25) is 9.59 Å². The van der Waals surface area contributed by atoms with Crippen molar-refractivity contribution in [3.63, 3.8) is 0 Å². The van der Waals surface area contributed by atoms with Gasteiger partial charge in [0.05, 0.1) is 12.5 Å². The molecule has 4 nitrogen and oxygen atoms in total. The molecule has 122 valence electrons. The summed E-state index contributed by atoms with van der Waals surface area (Å²) >= 11 is 0. The molecule has 0 radical (unpaired) electrons. The first-order valence-corrected chi connectivity index (χ1v) is 7.97. The summed E-state index contributed by atoms with van der Waals surface area (Å²) in [6.07, 6.45) is 3.88. The number of amides is 2. The van der Waals surface area contributed by atoms with Gasteiger partial charge in [0.1, 0.15) is 0 Å². The Balaban J connectivity index is 1.80. The van der Waals surface area contributed by atoms with E-state index in [0.717, 1.165) is 22.4 Å². The molecule has 24 heavy (non-hydrogen) atoms. The van der Waals surface area contributed by atoms with Gasteiger partial charge in [-0.15, -0.1) is 0 Å². The zero-order valence-electron chi connectivity index (χ0n) is 13.8. The molecule has 0 fully saturated rings. The molecule has 2 amide bonds. The van der Waals surface area contributed by atoms with Gasteiger partial charge in [-0.25, -0.2) is 0 Å². The minimum atomic E-state index is -0.283. The van der Waals surface area contributed by atoms with Crippen LogP contribution in [0.4, 0.5) is 5.69 Å². The molecule has 0 saturated heterocycles. The van der Waals surface area contributed by atoms with Crippen molar-refractivity contribution in [2.75, 3.05) is 5.32 Å². The fraction of sp³-hybridized carbons (Fsp3) is 0.200. The van der Waals surface area contributed by atoms with Crippen LogP contribution in [0.5, 0.6) is 0 Å². The predicted molar refractivity (Wildman–Crippen MR) is 95.2 cm³/mol. The van der Waals surface area contributed by atoms with Gasteiger partial charge in [-0.1, -0.05) is 42.0 Å². The normalized spacial score (nSPS) is 15.8. The molecule has 0 unspecified atom stereocenters. The lowest BCUT2D eigenvalue weighted by molar-refractivity contribution is -0.129. The van der Waals surface area contributed by atoms with Crippen LogP contribution in [-0.2, 0) is 9.59 Å². The molecule has 3 rings (SSSR count). The summed E-state index contributed by atoms with van der Waals surface area (Å²) in [4.78, 5) is 26.0. The molecule has 1 heterocycles. The number of carbonyl (C=O) groups excluding carboxylic acids is 2. The monoisotopic (exact) mass is 320 g/mol. The minimum absolute atomic E-state index is 0.0751. The highest BCUT2D eigenvalue weighted by Gasteiger charge is 2.28. The van der Waals surface area contributed by atoms with Crippen LogP contribution in [0.2, 0.25) is 0 Å². The SMILES string of the molecule is CC(=O)N1C=Cc2ccccc2[C@@H]1CC(=O)Nc1ccc(C)cc1. The maximum atomic E-state index is 12.5. The Morgan fingerprint density at radius 2 is 1.79 bits per heavy atom. The van der Waals surface area contributed by atoms with E-state index >= 15 is 0 Å². The maximum Gasteiger partial charge on any atom is 0.226 e. The zero-order chi connectivity index (χ0) is 17.1. The first kappa shape index (κ1) is 16.0. The molecule has 4 heteroatoms. The summed E-state index contributed by atoms with van der Waals surface area (Å²) in [5, 5.41) is 2.91. The van der Waals surface area contributed by atoms with Gasteiger partial charge >= 0.3 is 0 Å². The lowest BCUT2D eigenvalue weighted by Gasteiger charge is -2.32.